The standard InChI is InChI=1S/C16H26N2O/c1-4-13-8-9-18(11-13)12-16(17-2)14-6-5-7-15(10-14)19-3/h5-7,10,13,16-17H,4,8-9,11-12H2,1-3H3. The number of hydrogen-bond donors (Lipinski definition) is 1. The van der Waals surface area contributed by atoms with Gasteiger partial charge in [0, 0.05) is 19.1 Å². The molecule has 1 heterocycles. The van der Waals surface area contributed by atoms with Crippen LogP contribution in [0.1, 0.15) is 31.4 Å². The molecule has 0 aliphatic carbocycles. The molecule has 0 spiro atoms. The average Bonchev–Trinajstić information content (AvgIpc) is 2.92. The lowest BCUT2D eigenvalue weighted by Crippen LogP contribution is -2.32. The summed E-state index contributed by atoms with van der Waals surface area (Å²) in [6.45, 7) is 5.87. The van der Waals surface area contributed by atoms with Crippen LogP contribution in [-0.4, -0.2) is 38.7 Å². The molecule has 0 bridgehead atoms. The van der Waals surface area contributed by atoms with Gasteiger partial charge in [-0.3, -0.25) is 0 Å². The Balaban J connectivity index is 1.99. The van der Waals surface area contributed by atoms with Gasteiger partial charge in [-0.2, -0.15) is 0 Å². The smallest absolute Gasteiger partial charge is 0.119 e. The van der Waals surface area contributed by atoms with Crippen LogP contribution in [0.3, 0.4) is 0 Å². The summed E-state index contributed by atoms with van der Waals surface area (Å²) in [5.41, 5.74) is 1.31. The minimum absolute atomic E-state index is 0.380. The van der Waals surface area contributed by atoms with E-state index < -0.39 is 0 Å². The van der Waals surface area contributed by atoms with E-state index in [0.29, 0.717) is 6.04 Å². The number of nitrogens with zero attached hydrogens (tertiary/aromatic N) is 1. The van der Waals surface area contributed by atoms with E-state index in [9.17, 15) is 0 Å². The van der Waals surface area contributed by atoms with E-state index in [1.165, 1.54) is 31.5 Å². The fraction of sp³-hybridized carbons (Fsp3) is 0.625. The van der Waals surface area contributed by atoms with Crippen molar-refractivity contribution >= 4 is 0 Å². The third-order valence-corrected chi connectivity index (χ3v) is 4.23. The van der Waals surface area contributed by atoms with Gasteiger partial charge >= 0.3 is 0 Å². The zero-order chi connectivity index (χ0) is 13.7. The van der Waals surface area contributed by atoms with Crippen LogP contribution in [0.5, 0.6) is 5.75 Å². The molecule has 3 heteroatoms. The Labute approximate surface area is 116 Å². The highest BCUT2D eigenvalue weighted by atomic mass is 16.5. The van der Waals surface area contributed by atoms with Crippen molar-refractivity contribution in [3.63, 3.8) is 0 Å². The lowest BCUT2D eigenvalue weighted by molar-refractivity contribution is 0.287. The Bertz CT molecular complexity index is 394. The molecule has 0 aromatic heterocycles. The van der Waals surface area contributed by atoms with Gasteiger partial charge in [0.25, 0.3) is 0 Å². The SMILES string of the molecule is CCC1CCN(CC(NC)c2cccc(OC)c2)C1. The zero-order valence-electron chi connectivity index (χ0n) is 12.4. The molecule has 2 rings (SSSR count). The molecule has 3 nitrogen and oxygen atoms in total. The molecule has 19 heavy (non-hydrogen) atoms. The lowest BCUT2D eigenvalue weighted by Gasteiger charge is -2.24. The van der Waals surface area contributed by atoms with Crippen molar-refractivity contribution in [1.29, 1.82) is 0 Å². The predicted molar refractivity (Wildman–Crippen MR) is 79.6 cm³/mol. The van der Waals surface area contributed by atoms with Crippen molar-refractivity contribution < 1.29 is 4.74 Å². The van der Waals surface area contributed by atoms with Crippen molar-refractivity contribution in [1.82, 2.24) is 10.2 Å². The topological polar surface area (TPSA) is 24.5 Å². The van der Waals surface area contributed by atoms with Crippen LogP contribution in [0, 0.1) is 5.92 Å². The van der Waals surface area contributed by atoms with E-state index in [1.54, 1.807) is 7.11 Å². The second-order valence-electron chi connectivity index (χ2n) is 5.44. The minimum atomic E-state index is 0.380. The lowest BCUT2D eigenvalue weighted by atomic mass is 10.1. The van der Waals surface area contributed by atoms with Crippen molar-refractivity contribution in [3.05, 3.63) is 29.8 Å². The monoisotopic (exact) mass is 262 g/mol. The number of hydrogen-bond acceptors (Lipinski definition) is 3. The molecule has 1 aliphatic rings. The predicted octanol–water partition coefficient (Wildman–Crippen LogP) is 2.69. The van der Waals surface area contributed by atoms with E-state index in [1.807, 2.05) is 13.1 Å². The van der Waals surface area contributed by atoms with E-state index in [0.717, 1.165) is 18.2 Å². The zero-order valence-corrected chi connectivity index (χ0v) is 12.4. The van der Waals surface area contributed by atoms with Crippen LogP contribution in [-0.2, 0) is 0 Å². The van der Waals surface area contributed by atoms with Crippen LogP contribution in [0.4, 0.5) is 0 Å². The first-order valence-corrected chi connectivity index (χ1v) is 7.30. The van der Waals surface area contributed by atoms with Crippen LogP contribution in [0.25, 0.3) is 0 Å². The molecule has 0 radical (unpaired) electrons. The summed E-state index contributed by atoms with van der Waals surface area (Å²) in [5.74, 6) is 1.83. The van der Waals surface area contributed by atoms with Gasteiger partial charge in [0.15, 0.2) is 0 Å². The highest BCUT2D eigenvalue weighted by Crippen LogP contribution is 2.24. The van der Waals surface area contributed by atoms with Crippen molar-refractivity contribution in [3.8, 4) is 5.75 Å². The van der Waals surface area contributed by atoms with Gasteiger partial charge in [-0.25, -0.2) is 0 Å². The molecule has 1 saturated heterocycles. The van der Waals surface area contributed by atoms with Crippen molar-refractivity contribution in [2.24, 2.45) is 5.92 Å². The Morgan fingerprint density at radius 3 is 2.95 bits per heavy atom. The van der Waals surface area contributed by atoms with Crippen LogP contribution in [0.2, 0.25) is 0 Å². The molecule has 1 aliphatic heterocycles. The van der Waals surface area contributed by atoms with Crippen LogP contribution < -0.4 is 10.1 Å². The summed E-state index contributed by atoms with van der Waals surface area (Å²) >= 11 is 0. The number of likely N-dealkylation sites (tertiary alicyclic amines) is 1. The number of ether oxygens (including phenoxy) is 1. The van der Waals surface area contributed by atoms with Gasteiger partial charge in [-0.1, -0.05) is 25.5 Å². The average molecular weight is 262 g/mol. The quantitative estimate of drug-likeness (QED) is 0.853. The maximum absolute atomic E-state index is 5.31. The van der Waals surface area contributed by atoms with Crippen LogP contribution in [0.15, 0.2) is 24.3 Å². The molecule has 1 aromatic carbocycles. The molecular weight excluding hydrogens is 236 g/mol. The highest BCUT2D eigenvalue weighted by molar-refractivity contribution is 5.30. The van der Waals surface area contributed by atoms with Gasteiger partial charge in [0.1, 0.15) is 5.75 Å². The number of rotatable bonds is 6. The summed E-state index contributed by atoms with van der Waals surface area (Å²) in [5, 5.41) is 3.43. The second kappa shape index (κ2) is 6.92. The van der Waals surface area contributed by atoms with Gasteiger partial charge in [0.05, 0.1) is 7.11 Å². The summed E-state index contributed by atoms with van der Waals surface area (Å²) in [7, 11) is 3.76. The first-order chi connectivity index (χ1) is 9.26. The van der Waals surface area contributed by atoms with Gasteiger partial charge in [-0.05, 0) is 43.6 Å². The molecular formula is C16H26N2O. The van der Waals surface area contributed by atoms with E-state index in [2.05, 4.69) is 35.3 Å². The molecule has 0 amide bonds. The number of likely N-dealkylation sites (N-methyl/N-ethyl adjacent to an activating group) is 1. The molecule has 2 atom stereocenters. The molecule has 106 valence electrons. The maximum Gasteiger partial charge on any atom is 0.119 e. The molecule has 0 saturated carbocycles. The fourth-order valence-electron chi connectivity index (χ4n) is 2.89. The third-order valence-electron chi connectivity index (χ3n) is 4.23. The number of benzene rings is 1. The van der Waals surface area contributed by atoms with E-state index in [4.69, 9.17) is 4.74 Å². The Morgan fingerprint density at radius 1 is 1.47 bits per heavy atom. The van der Waals surface area contributed by atoms with E-state index in [-0.39, 0.29) is 0 Å². The van der Waals surface area contributed by atoms with Crippen LogP contribution >= 0.6 is 0 Å². The van der Waals surface area contributed by atoms with Crippen molar-refractivity contribution in [2.45, 2.75) is 25.8 Å². The van der Waals surface area contributed by atoms with Gasteiger partial charge < -0.3 is 15.0 Å². The third kappa shape index (κ3) is 3.71. The molecule has 2 unspecified atom stereocenters. The minimum Gasteiger partial charge on any atom is -0.497 e. The summed E-state index contributed by atoms with van der Waals surface area (Å²) < 4.78 is 5.31. The van der Waals surface area contributed by atoms with Crippen molar-refractivity contribution in [2.75, 3.05) is 33.8 Å². The summed E-state index contributed by atoms with van der Waals surface area (Å²) in [4.78, 5) is 2.58. The van der Waals surface area contributed by atoms with Gasteiger partial charge in [-0.15, -0.1) is 0 Å². The number of nitrogens with one attached hydrogen (secondary N) is 1. The fourth-order valence-corrected chi connectivity index (χ4v) is 2.89. The van der Waals surface area contributed by atoms with E-state index >= 15 is 0 Å². The normalized spacial score (nSPS) is 21.5. The maximum atomic E-state index is 5.31. The number of methoxy groups -OCH3 is 1. The molecule has 1 N–H and O–H groups in total. The molecule has 1 aromatic rings. The Hall–Kier alpha value is -1.06. The summed E-state index contributed by atoms with van der Waals surface area (Å²) in [6, 6.07) is 8.76. The Kier molecular flexibility index (Phi) is 5.23. The first kappa shape index (κ1) is 14.4. The largest absolute Gasteiger partial charge is 0.497 e. The molecule has 1 fully saturated rings. The van der Waals surface area contributed by atoms with Gasteiger partial charge in [0.2, 0.25) is 0 Å². The highest BCUT2D eigenvalue weighted by Gasteiger charge is 2.23. The first-order valence-electron chi connectivity index (χ1n) is 7.30. The second-order valence-corrected chi connectivity index (χ2v) is 5.44. The summed E-state index contributed by atoms with van der Waals surface area (Å²) in [6.07, 6.45) is 2.66. The Morgan fingerprint density at radius 2 is 2.32 bits per heavy atom.